The standard InChI is InChI=1S/C12H15ClFNO3S/c1-8-4-5-15(11(8)7-16)19(17,18)12-3-2-9(13)6-10(12)14/h2-3,6,8,11,16H,4-5,7H2,1H3. The van der Waals surface area contributed by atoms with Gasteiger partial charge in [0.2, 0.25) is 10.0 Å². The predicted octanol–water partition coefficient (Wildman–Crippen LogP) is 1.87. The molecule has 1 heterocycles. The van der Waals surface area contributed by atoms with Crippen LogP contribution in [0.15, 0.2) is 23.1 Å². The Morgan fingerprint density at radius 1 is 1.53 bits per heavy atom. The third kappa shape index (κ3) is 2.63. The molecule has 19 heavy (non-hydrogen) atoms. The molecule has 2 unspecified atom stereocenters. The molecule has 106 valence electrons. The van der Waals surface area contributed by atoms with Gasteiger partial charge in [-0.2, -0.15) is 4.31 Å². The molecule has 4 nitrogen and oxygen atoms in total. The van der Waals surface area contributed by atoms with Crippen LogP contribution < -0.4 is 0 Å². The van der Waals surface area contributed by atoms with Crippen molar-refractivity contribution < 1.29 is 17.9 Å². The SMILES string of the molecule is CC1CCN(S(=O)(=O)c2ccc(Cl)cc2F)C1CO. The van der Waals surface area contributed by atoms with Crippen molar-refractivity contribution in [1.82, 2.24) is 4.31 Å². The summed E-state index contributed by atoms with van der Waals surface area (Å²) in [6.45, 7) is 1.89. The van der Waals surface area contributed by atoms with Gasteiger partial charge in [0.15, 0.2) is 0 Å². The number of nitrogens with zero attached hydrogens (tertiary/aromatic N) is 1. The molecule has 1 saturated heterocycles. The summed E-state index contributed by atoms with van der Waals surface area (Å²) in [7, 11) is -3.94. The molecule has 1 N–H and O–H groups in total. The van der Waals surface area contributed by atoms with Crippen LogP contribution in [0.2, 0.25) is 5.02 Å². The van der Waals surface area contributed by atoms with E-state index in [0.717, 1.165) is 12.1 Å². The number of hydrogen-bond acceptors (Lipinski definition) is 3. The fourth-order valence-electron chi connectivity index (χ4n) is 2.35. The molecule has 0 radical (unpaired) electrons. The van der Waals surface area contributed by atoms with E-state index >= 15 is 0 Å². The lowest BCUT2D eigenvalue weighted by Crippen LogP contribution is -2.40. The minimum absolute atomic E-state index is 0.0511. The molecule has 2 atom stereocenters. The minimum Gasteiger partial charge on any atom is -0.395 e. The predicted molar refractivity (Wildman–Crippen MR) is 70.0 cm³/mol. The molecule has 7 heteroatoms. The molecular formula is C12H15ClFNO3S. The Balaban J connectivity index is 2.42. The van der Waals surface area contributed by atoms with Crippen LogP contribution in [-0.4, -0.2) is 37.0 Å². The van der Waals surface area contributed by atoms with Crippen LogP contribution in [0.25, 0.3) is 0 Å². The lowest BCUT2D eigenvalue weighted by atomic mass is 10.0. The van der Waals surface area contributed by atoms with Crippen molar-refractivity contribution in [1.29, 1.82) is 0 Å². The van der Waals surface area contributed by atoms with Crippen LogP contribution in [0.5, 0.6) is 0 Å². The largest absolute Gasteiger partial charge is 0.395 e. The summed E-state index contributed by atoms with van der Waals surface area (Å²) < 4.78 is 39.8. The van der Waals surface area contributed by atoms with Crippen molar-refractivity contribution in [2.24, 2.45) is 5.92 Å². The molecule has 1 aromatic carbocycles. The van der Waals surface area contributed by atoms with Crippen molar-refractivity contribution in [3.63, 3.8) is 0 Å². The number of rotatable bonds is 3. The summed E-state index contributed by atoms with van der Waals surface area (Å²) in [6, 6.07) is 2.97. The van der Waals surface area contributed by atoms with Crippen molar-refractivity contribution in [3.05, 3.63) is 29.0 Å². The number of hydrogen-bond donors (Lipinski definition) is 1. The van der Waals surface area contributed by atoms with Gasteiger partial charge in [0.25, 0.3) is 0 Å². The highest BCUT2D eigenvalue weighted by atomic mass is 35.5. The maximum atomic E-state index is 13.8. The van der Waals surface area contributed by atoms with Gasteiger partial charge >= 0.3 is 0 Å². The van der Waals surface area contributed by atoms with Gasteiger partial charge in [-0.3, -0.25) is 0 Å². The van der Waals surface area contributed by atoms with Gasteiger partial charge in [-0.15, -0.1) is 0 Å². The molecule has 0 saturated carbocycles. The molecule has 0 aliphatic carbocycles. The van der Waals surface area contributed by atoms with Crippen molar-refractivity contribution in [3.8, 4) is 0 Å². The van der Waals surface area contributed by atoms with E-state index < -0.39 is 26.8 Å². The molecule has 1 aliphatic rings. The van der Waals surface area contributed by atoms with E-state index in [1.54, 1.807) is 0 Å². The lowest BCUT2D eigenvalue weighted by molar-refractivity contribution is 0.191. The van der Waals surface area contributed by atoms with Crippen LogP contribution in [0.4, 0.5) is 4.39 Å². The quantitative estimate of drug-likeness (QED) is 0.927. The summed E-state index contributed by atoms with van der Waals surface area (Å²) in [5.41, 5.74) is 0. The Labute approximate surface area is 116 Å². The molecule has 1 aromatic rings. The van der Waals surface area contributed by atoms with E-state index in [-0.39, 0.29) is 24.1 Å². The number of benzene rings is 1. The van der Waals surface area contributed by atoms with Crippen LogP contribution in [-0.2, 0) is 10.0 Å². The summed E-state index contributed by atoms with van der Waals surface area (Å²) >= 11 is 5.62. The van der Waals surface area contributed by atoms with Gasteiger partial charge in [0.05, 0.1) is 12.6 Å². The summed E-state index contributed by atoms with van der Waals surface area (Å²) in [5.74, 6) is -0.820. The van der Waals surface area contributed by atoms with Crippen LogP contribution in [0.1, 0.15) is 13.3 Å². The van der Waals surface area contributed by atoms with E-state index in [4.69, 9.17) is 11.6 Å². The van der Waals surface area contributed by atoms with E-state index in [2.05, 4.69) is 0 Å². The Morgan fingerprint density at radius 3 is 2.79 bits per heavy atom. The van der Waals surface area contributed by atoms with Crippen LogP contribution in [0, 0.1) is 11.7 Å². The summed E-state index contributed by atoms with van der Waals surface area (Å²) in [4.78, 5) is -0.399. The third-order valence-corrected chi connectivity index (χ3v) is 5.69. The number of aliphatic hydroxyl groups excluding tert-OH is 1. The molecule has 0 amide bonds. The zero-order valence-corrected chi connectivity index (χ0v) is 12.0. The Bertz CT molecular complexity index is 578. The number of sulfonamides is 1. The van der Waals surface area contributed by atoms with Crippen molar-refractivity contribution in [2.45, 2.75) is 24.3 Å². The average molecular weight is 308 g/mol. The first-order valence-corrected chi connectivity index (χ1v) is 7.77. The maximum absolute atomic E-state index is 13.8. The van der Waals surface area contributed by atoms with E-state index in [1.165, 1.54) is 10.4 Å². The van der Waals surface area contributed by atoms with E-state index in [1.807, 2.05) is 6.92 Å². The van der Waals surface area contributed by atoms with E-state index in [0.29, 0.717) is 6.42 Å². The number of halogens is 2. The molecule has 0 aromatic heterocycles. The zero-order valence-electron chi connectivity index (χ0n) is 10.4. The highest BCUT2D eigenvalue weighted by molar-refractivity contribution is 7.89. The van der Waals surface area contributed by atoms with Crippen molar-refractivity contribution >= 4 is 21.6 Å². The second-order valence-electron chi connectivity index (χ2n) is 4.71. The van der Waals surface area contributed by atoms with Crippen LogP contribution >= 0.6 is 11.6 Å². The highest BCUT2D eigenvalue weighted by Gasteiger charge is 2.40. The molecular weight excluding hydrogens is 293 g/mol. The average Bonchev–Trinajstić information content (AvgIpc) is 2.70. The second-order valence-corrected chi connectivity index (χ2v) is 7.00. The highest BCUT2D eigenvalue weighted by Crippen LogP contribution is 2.31. The normalized spacial score (nSPS) is 24.8. The summed E-state index contributed by atoms with van der Waals surface area (Å²) in [6.07, 6.45) is 0.652. The summed E-state index contributed by atoms with van der Waals surface area (Å²) in [5, 5.41) is 9.45. The maximum Gasteiger partial charge on any atom is 0.246 e. The molecule has 1 aliphatic heterocycles. The van der Waals surface area contributed by atoms with Gasteiger partial charge < -0.3 is 5.11 Å². The fraction of sp³-hybridized carbons (Fsp3) is 0.500. The van der Waals surface area contributed by atoms with Crippen molar-refractivity contribution in [2.75, 3.05) is 13.2 Å². The minimum atomic E-state index is -3.94. The van der Waals surface area contributed by atoms with Gasteiger partial charge in [-0.1, -0.05) is 18.5 Å². The first kappa shape index (κ1) is 14.7. The Kier molecular flexibility index (Phi) is 4.15. The topological polar surface area (TPSA) is 57.6 Å². The molecule has 2 rings (SSSR count). The first-order valence-electron chi connectivity index (χ1n) is 5.95. The van der Waals surface area contributed by atoms with Crippen LogP contribution in [0.3, 0.4) is 0 Å². The monoisotopic (exact) mass is 307 g/mol. The molecule has 0 spiro atoms. The van der Waals surface area contributed by atoms with Gasteiger partial charge in [0, 0.05) is 11.6 Å². The van der Waals surface area contributed by atoms with Gasteiger partial charge in [0.1, 0.15) is 10.7 Å². The van der Waals surface area contributed by atoms with Gasteiger partial charge in [-0.25, -0.2) is 12.8 Å². The Hall–Kier alpha value is -0.690. The number of aliphatic hydroxyl groups is 1. The molecule has 1 fully saturated rings. The van der Waals surface area contributed by atoms with Gasteiger partial charge in [-0.05, 0) is 30.5 Å². The zero-order chi connectivity index (χ0) is 14.2. The lowest BCUT2D eigenvalue weighted by Gasteiger charge is -2.24. The molecule has 0 bridgehead atoms. The first-order chi connectivity index (χ1) is 8.87. The third-order valence-electron chi connectivity index (χ3n) is 3.50. The smallest absolute Gasteiger partial charge is 0.246 e. The van der Waals surface area contributed by atoms with E-state index in [9.17, 15) is 17.9 Å². The Morgan fingerprint density at radius 2 is 2.21 bits per heavy atom. The second kappa shape index (κ2) is 5.36. The fourth-order valence-corrected chi connectivity index (χ4v) is 4.29.